The zero-order valence-corrected chi connectivity index (χ0v) is 12.6. The molecule has 0 aliphatic heterocycles. The van der Waals surface area contributed by atoms with Gasteiger partial charge in [0.1, 0.15) is 11.5 Å². The molecule has 0 saturated heterocycles. The molecule has 104 valence electrons. The number of halogens is 1. The molecule has 3 N–H and O–H groups in total. The summed E-state index contributed by atoms with van der Waals surface area (Å²) in [6.45, 7) is 0.748. The van der Waals surface area contributed by atoms with Gasteiger partial charge in [-0.1, -0.05) is 28.1 Å². The fourth-order valence-electron chi connectivity index (χ4n) is 1.83. The molecule has 20 heavy (non-hydrogen) atoms. The van der Waals surface area contributed by atoms with Crippen LogP contribution in [0.4, 0.5) is 0 Å². The Balaban J connectivity index is 2.31. The summed E-state index contributed by atoms with van der Waals surface area (Å²) in [5.41, 5.74) is 6.80. The fourth-order valence-corrected chi connectivity index (χ4v) is 2.17. The third kappa shape index (κ3) is 3.59. The number of hydrogen-bond donors (Lipinski definition) is 2. The van der Waals surface area contributed by atoms with Gasteiger partial charge >= 0.3 is 0 Å². The van der Waals surface area contributed by atoms with Crippen LogP contribution in [0.15, 0.2) is 46.9 Å². The number of carbonyl (C=O) groups excluding carboxylic acids is 1. The Bertz CT molecular complexity index is 629. The van der Waals surface area contributed by atoms with E-state index in [9.17, 15) is 4.79 Å². The lowest BCUT2D eigenvalue weighted by Gasteiger charge is -2.11. The number of primary amides is 1. The largest absolute Gasteiger partial charge is 0.456 e. The number of hydrogen-bond acceptors (Lipinski definition) is 3. The molecule has 4 nitrogen and oxygen atoms in total. The van der Waals surface area contributed by atoms with E-state index in [2.05, 4.69) is 21.2 Å². The van der Waals surface area contributed by atoms with Crippen LogP contribution in [0.1, 0.15) is 15.9 Å². The second-order valence-electron chi connectivity index (χ2n) is 4.28. The van der Waals surface area contributed by atoms with E-state index >= 15 is 0 Å². The highest BCUT2D eigenvalue weighted by atomic mass is 79.9. The molecule has 0 aliphatic carbocycles. The number of nitrogens with two attached hydrogens (primary N) is 1. The van der Waals surface area contributed by atoms with Crippen molar-refractivity contribution in [3.8, 4) is 11.5 Å². The molecule has 0 atom stereocenters. The number of ether oxygens (including phenoxy) is 1. The summed E-state index contributed by atoms with van der Waals surface area (Å²) in [5.74, 6) is 0.589. The lowest BCUT2D eigenvalue weighted by molar-refractivity contribution is 0.0998. The van der Waals surface area contributed by atoms with Gasteiger partial charge in [-0.2, -0.15) is 0 Å². The highest BCUT2D eigenvalue weighted by Gasteiger charge is 2.11. The first-order chi connectivity index (χ1) is 9.60. The molecule has 2 aromatic rings. The van der Waals surface area contributed by atoms with Gasteiger partial charge in [0.25, 0.3) is 5.91 Å². The van der Waals surface area contributed by atoms with Crippen LogP contribution < -0.4 is 15.8 Å². The third-order valence-electron chi connectivity index (χ3n) is 2.72. The molecule has 1 amide bonds. The Morgan fingerprint density at radius 1 is 1.30 bits per heavy atom. The number of benzene rings is 2. The van der Waals surface area contributed by atoms with Crippen molar-refractivity contribution in [2.45, 2.75) is 6.54 Å². The van der Waals surface area contributed by atoms with Crippen LogP contribution in [-0.4, -0.2) is 13.0 Å². The van der Waals surface area contributed by atoms with Crippen molar-refractivity contribution in [3.05, 3.63) is 58.1 Å². The molecular formula is C15H15BrN2O2. The van der Waals surface area contributed by atoms with E-state index in [-0.39, 0.29) is 0 Å². The van der Waals surface area contributed by atoms with Gasteiger partial charge in [-0.05, 0) is 42.9 Å². The van der Waals surface area contributed by atoms with E-state index in [1.807, 2.05) is 31.3 Å². The van der Waals surface area contributed by atoms with Gasteiger partial charge in [0.2, 0.25) is 0 Å². The van der Waals surface area contributed by atoms with Crippen LogP contribution in [0.5, 0.6) is 11.5 Å². The zero-order valence-electron chi connectivity index (χ0n) is 11.0. The molecule has 2 rings (SSSR count). The summed E-state index contributed by atoms with van der Waals surface area (Å²) in [6, 6.07) is 12.8. The van der Waals surface area contributed by atoms with E-state index < -0.39 is 5.91 Å². The first-order valence-electron chi connectivity index (χ1n) is 6.11. The summed E-state index contributed by atoms with van der Waals surface area (Å²) in [4.78, 5) is 11.4. The van der Waals surface area contributed by atoms with Crippen LogP contribution in [0.3, 0.4) is 0 Å². The Morgan fingerprint density at radius 3 is 2.80 bits per heavy atom. The first-order valence-corrected chi connectivity index (χ1v) is 6.90. The van der Waals surface area contributed by atoms with Crippen LogP contribution in [0, 0.1) is 0 Å². The van der Waals surface area contributed by atoms with Crippen LogP contribution in [0.2, 0.25) is 0 Å². The van der Waals surface area contributed by atoms with E-state index in [0.717, 1.165) is 16.6 Å². The molecule has 2 aromatic carbocycles. The molecule has 5 heteroatoms. The zero-order chi connectivity index (χ0) is 14.5. The van der Waals surface area contributed by atoms with Crippen LogP contribution in [-0.2, 0) is 6.54 Å². The van der Waals surface area contributed by atoms with Gasteiger partial charge in [0, 0.05) is 11.0 Å². The maximum absolute atomic E-state index is 11.4. The van der Waals surface area contributed by atoms with Crippen molar-refractivity contribution in [1.29, 1.82) is 0 Å². The summed E-state index contributed by atoms with van der Waals surface area (Å²) in [7, 11) is 1.88. The van der Waals surface area contributed by atoms with Crippen molar-refractivity contribution >= 4 is 21.8 Å². The summed E-state index contributed by atoms with van der Waals surface area (Å²) in [6.07, 6.45) is 0. The minimum absolute atomic E-state index is 0.354. The molecule has 0 unspecified atom stereocenters. The van der Waals surface area contributed by atoms with E-state index in [4.69, 9.17) is 10.5 Å². The minimum atomic E-state index is -0.515. The molecule has 0 fully saturated rings. The standard InChI is InChI=1S/C15H15BrN2O2/c1-18-9-10-3-2-4-12(7-10)20-14-8-11(16)5-6-13(14)15(17)19/h2-8,18H,9H2,1H3,(H2,17,19). The Labute approximate surface area is 126 Å². The Morgan fingerprint density at radius 2 is 2.10 bits per heavy atom. The fraction of sp³-hybridized carbons (Fsp3) is 0.133. The molecule has 0 spiro atoms. The number of carbonyl (C=O) groups is 1. The molecule has 0 saturated carbocycles. The average molecular weight is 335 g/mol. The minimum Gasteiger partial charge on any atom is -0.456 e. The van der Waals surface area contributed by atoms with Crippen molar-refractivity contribution in [2.24, 2.45) is 5.73 Å². The highest BCUT2D eigenvalue weighted by molar-refractivity contribution is 9.10. The molecule has 0 radical (unpaired) electrons. The van der Waals surface area contributed by atoms with E-state index in [1.165, 1.54) is 0 Å². The van der Waals surface area contributed by atoms with Crippen molar-refractivity contribution < 1.29 is 9.53 Å². The van der Waals surface area contributed by atoms with Crippen LogP contribution >= 0.6 is 15.9 Å². The maximum atomic E-state index is 11.4. The van der Waals surface area contributed by atoms with Gasteiger partial charge in [-0.25, -0.2) is 0 Å². The predicted molar refractivity (Wildman–Crippen MR) is 81.9 cm³/mol. The second kappa shape index (κ2) is 6.54. The lowest BCUT2D eigenvalue weighted by Crippen LogP contribution is -2.12. The SMILES string of the molecule is CNCc1cccc(Oc2cc(Br)ccc2C(N)=O)c1. The Hall–Kier alpha value is -1.85. The topological polar surface area (TPSA) is 64.3 Å². The number of rotatable bonds is 5. The average Bonchev–Trinajstić information content (AvgIpc) is 2.39. The highest BCUT2D eigenvalue weighted by Crippen LogP contribution is 2.28. The first kappa shape index (κ1) is 14.6. The smallest absolute Gasteiger partial charge is 0.252 e. The van der Waals surface area contributed by atoms with Gasteiger partial charge < -0.3 is 15.8 Å². The summed E-state index contributed by atoms with van der Waals surface area (Å²) >= 11 is 3.36. The van der Waals surface area contributed by atoms with Crippen molar-refractivity contribution in [3.63, 3.8) is 0 Å². The molecule has 0 bridgehead atoms. The molecule has 0 aliphatic rings. The Kier molecular flexibility index (Phi) is 4.76. The number of nitrogens with one attached hydrogen (secondary N) is 1. The van der Waals surface area contributed by atoms with Gasteiger partial charge in [0.15, 0.2) is 0 Å². The summed E-state index contributed by atoms with van der Waals surface area (Å²) in [5, 5.41) is 3.08. The predicted octanol–water partition coefficient (Wildman–Crippen LogP) is 3.06. The quantitative estimate of drug-likeness (QED) is 0.883. The monoisotopic (exact) mass is 334 g/mol. The number of amides is 1. The molecule has 0 aromatic heterocycles. The van der Waals surface area contributed by atoms with Gasteiger partial charge in [-0.3, -0.25) is 4.79 Å². The van der Waals surface area contributed by atoms with Crippen LogP contribution in [0.25, 0.3) is 0 Å². The van der Waals surface area contributed by atoms with Crippen molar-refractivity contribution in [2.75, 3.05) is 7.05 Å². The maximum Gasteiger partial charge on any atom is 0.252 e. The van der Waals surface area contributed by atoms with E-state index in [0.29, 0.717) is 17.1 Å². The van der Waals surface area contributed by atoms with Gasteiger partial charge in [0.05, 0.1) is 5.56 Å². The van der Waals surface area contributed by atoms with E-state index in [1.54, 1.807) is 18.2 Å². The summed E-state index contributed by atoms with van der Waals surface area (Å²) < 4.78 is 6.60. The lowest BCUT2D eigenvalue weighted by atomic mass is 10.2. The molecule has 0 heterocycles. The normalized spacial score (nSPS) is 10.3. The van der Waals surface area contributed by atoms with Crippen molar-refractivity contribution in [1.82, 2.24) is 5.32 Å². The third-order valence-corrected chi connectivity index (χ3v) is 3.21. The van der Waals surface area contributed by atoms with Gasteiger partial charge in [-0.15, -0.1) is 0 Å². The second-order valence-corrected chi connectivity index (χ2v) is 5.20. The molecular weight excluding hydrogens is 320 g/mol.